The average Bonchev–Trinajstić information content (AvgIpc) is 3.59. The van der Waals surface area contributed by atoms with Crippen LogP contribution in [0, 0.1) is 26.0 Å². The van der Waals surface area contributed by atoms with E-state index in [4.69, 9.17) is 0 Å². The second kappa shape index (κ2) is 16.3. The molecule has 0 atom stereocenters. The van der Waals surface area contributed by atoms with E-state index >= 15 is 0 Å². The van der Waals surface area contributed by atoms with Crippen LogP contribution < -0.4 is 0 Å². The molecule has 0 heterocycles. The molecule has 0 unspecified atom stereocenters. The van der Waals surface area contributed by atoms with Gasteiger partial charge in [0, 0.05) is 0 Å². The molecule has 0 saturated carbocycles. The molecule has 0 N–H and O–H groups in total. The maximum atomic E-state index is 3.72. The van der Waals surface area contributed by atoms with Gasteiger partial charge in [-0.3, -0.25) is 6.08 Å². The Bertz CT molecular complexity index is 1050. The van der Waals surface area contributed by atoms with Crippen LogP contribution in [0.4, 0.5) is 0 Å². The largest absolute Gasteiger partial charge is 0.179 e. The fourth-order valence-electron chi connectivity index (χ4n) is 3.29. The van der Waals surface area contributed by atoms with Crippen molar-refractivity contribution in [3.05, 3.63) is 170 Å². The van der Waals surface area contributed by atoms with Crippen LogP contribution >= 0.6 is 0 Å². The van der Waals surface area contributed by atoms with Crippen LogP contribution in [0.1, 0.15) is 28.7 Å². The van der Waals surface area contributed by atoms with Crippen LogP contribution in [0.2, 0.25) is 0 Å². The first-order valence-electron chi connectivity index (χ1n) is 11.1. The molecule has 2 aliphatic carbocycles. The van der Waals surface area contributed by atoms with Crippen molar-refractivity contribution in [1.82, 2.24) is 0 Å². The molecule has 170 valence electrons. The summed E-state index contributed by atoms with van der Waals surface area (Å²) in [5.74, 6) is 0. The molecule has 4 aromatic rings. The van der Waals surface area contributed by atoms with E-state index in [0.29, 0.717) is 0 Å². The number of hydrogen-bond acceptors (Lipinski definition) is 0. The summed E-state index contributed by atoms with van der Waals surface area (Å²) in [5, 5.41) is 0. The Morgan fingerprint density at radius 3 is 1.71 bits per heavy atom. The Labute approximate surface area is 217 Å². The fraction of sp³-hybridized carbons (Fsp3) is 0.0606. The number of allylic oxidation sites excluding steroid dienone is 4. The number of fused-ring (bicyclic) bond motifs is 3. The quantitative estimate of drug-likeness (QED) is 0.157. The molecule has 2 aliphatic rings. The third-order valence-electron chi connectivity index (χ3n) is 4.89. The minimum absolute atomic E-state index is 1.01. The van der Waals surface area contributed by atoms with Crippen LogP contribution in [0.5, 0.6) is 0 Å². The predicted molar refractivity (Wildman–Crippen MR) is 144 cm³/mol. The van der Waals surface area contributed by atoms with Crippen molar-refractivity contribution in [2.45, 2.75) is 12.8 Å². The molecular weight excluding hydrogens is 444 g/mol. The van der Waals surface area contributed by atoms with Crippen LogP contribution in [-0.4, -0.2) is 4.82 Å². The Hall–Kier alpha value is -3.32. The molecule has 0 radical (unpaired) electrons. The van der Waals surface area contributed by atoms with Gasteiger partial charge in [0.1, 0.15) is 0 Å². The van der Waals surface area contributed by atoms with Gasteiger partial charge in [0.25, 0.3) is 0 Å². The summed E-state index contributed by atoms with van der Waals surface area (Å²) < 4.78 is 0. The Morgan fingerprint density at radius 1 is 0.676 bits per heavy atom. The van der Waals surface area contributed by atoms with Crippen LogP contribution in [-0.2, 0) is 26.4 Å². The van der Waals surface area contributed by atoms with Gasteiger partial charge in [0.15, 0.2) is 0 Å². The Balaban J connectivity index is 0.000000168. The van der Waals surface area contributed by atoms with E-state index in [1.807, 2.05) is 78.9 Å². The maximum Gasteiger partial charge on any atom is -0.0253 e. The fourth-order valence-corrected chi connectivity index (χ4v) is 3.29. The second-order valence-corrected chi connectivity index (χ2v) is 7.37. The monoisotopic (exact) mass is 474 g/mol. The van der Waals surface area contributed by atoms with Crippen molar-refractivity contribution in [3.63, 3.8) is 0 Å². The first kappa shape index (κ1) is 26.9. The van der Waals surface area contributed by atoms with E-state index in [0.717, 1.165) is 24.0 Å². The van der Waals surface area contributed by atoms with E-state index in [9.17, 15) is 0 Å². The maximum absolute atomic E-state index is 3.72. The smallest absolute Gasteiger partial charge is 0.0253 e. The molecule has 0 saturated heterocycles. The zero-order valence-electron chi connectivity index (χ0n) is 19.6. The molecule has 4 aromatic carbocycles. The van der Waals surface area contributed by atoms with Gasteiger partial charge in [-0.25, -0.2) is 12.2 Å². The average molecular weight is 474 g/mol. The summed E-state index contributed by atoms with van der Waals surface area (Å²) in [6, 6.07) is 37.9. The predicted octanol–water partition coefficient (Wildman–Crippen LogP) is 8.07. The summed E-state index contributed by atoms with van der Waals surface area (Å²) in [7, 11) is 0. The third kappa shape index (κ3) is 9.67. The van der Waals surface area contributed by atoms with Gasteiger partial charge in [-0.15, -0.1) is 36.2 Å². The van der Waals surface area contributed by atoms with Crippen LogP contribution in [0.15, 0.2) is 121 Å². The van der Waals surface area contributed by atoms with E-state index in [2.05, 4.69) is 73.3 Å². The van der Waals surface area contributed by atoms with Gasteiger partial charge in [0.05, 0.1) is 0 Å². The molecule has 6 rings (SSSR count). The minimum atomic E-state index is 1.01. The third-order valence-corrected chi connectivity index (χ3v) is 4.89. The molecule has 1 heteroatoms. The normalized spacial score (nSPS) is 10.9. The Morgan fingerprint density at radius 2 is 1.24 bits per heavy atom. The van der Waals surface area contributed by atoms with Gasteiger partial charge >= 0.3 is 24.8 Å². The summed E-state index contributed by atoms with van der Waals surface area (Å²) in [6.45, 7) is 7.44. The molecule has 0 amide bonds. The van der Waals surface area contributed by atoms with E-state index in [1.54, 1.807) is 20.0 Å². The van der Waals surface area contributed by atoms with Crippen molar-refractivity contribution < 1.29 is 20.0 Å². The van der Waals surface area contributed by atoms with Gasteiger partial charge in [0.2, 0.25) is 0 Å². The van der Waals surface area contributed by atoms with Gasteiger partial charge < -0.3 is 0 Å². The number of hydrogen-bond donors (Lipinski definition) is 0. The zero-order chi connectivity index (χ0) is 24.4. The Kier molecular flexibility index (Phi) is 12.9. The first-order valence-corrected chi connectivity index (χ1v) is 12.2. The van der Waals surface area contributed by atoms with Crippen molar-refractivity contribution in [2.24, 2.45) is 0 Å². The number of benzene rings is 4. The van der Waals surface area contributed by atoms with Crippen molar-refractivity contribution in [2.75, 3.05) is 0 Å². The van der Waals surface area contributed by atoms with E-state index in [-0.39, 0.29) is 0 Å². The topological polar surface area (TPSA) is 0 Å². The van der Waals surface area contributed by atoms with Gasteiger partial charge in [-0.2, -0.15) is 85.1 Å². The molecule has 0 nitrogen and oxygen atoms in total. The SMILES string of the molecule is [C-]1=CC=CC1.[CH2-]c1ccccc1.[CH2-]c1ccccc1.[CH2]=[Ti].[c-]1cccc2c1Cc1ccccc1-2. The van der Waals surface area contributed by atoms with Crippen molar-refractivity contribution in [3.8, 4) is 11.1 Å². The summed E-state index contributed by atoms with van der Waals surface area (Å²) in [4.78, 5) is 3.25. The summed E-state index contributed by atoms with van der Waals surface area (Å²) in [6.07, 6.45) is 11.0. The van der Waals surface area contributed by atoms with Crippen LogP contribution in [0.25, 0.3) is 11.1 Å². The standard InChI is InChI=1S/C13H9.2C7H7.C5H5.CH2.Ti/c1-3-7-12-10(5-1)9-11-6-2-4-8-13(11)12;2*1-7-5-3-2-4-6-7;1-2-4-5-3-1;;/h1-5,7-8H,9H2;2*2-6H,1H2;1-3H,4H2;1H2;/q4*-1;;. The van der Waals surface area contributed by atoms with Crippen molar-refractivity contribution >= 4 is 4.82 Å². The van der Waals surface area contributed by atoms with Crippen LogP contribution in [0.3, 0.4) is 0 Å². The van der Waals surface area contributed by atoms with Gasteiger partial charge in [-0.1, -0.05) is 47.5 Å². The second-order valence-electron chi connectivity index (χ2n) is 7.37. The molecular formula is C33H30Ti-4. The number of rotatable bonds is 0. The van der Waals surface area contributed by atoms with E-state index < -0.39 is 0 Å². The summed E-state index contributed by atoms with van der Waals surface area (Å²) in [5.41, 5.74) is 7.65. The summed E-state index contributed by atoms with van der Waals surface area (Å²) >= 11 is 1.75. The molecule has 34 heavy (non-hydrogen) atoms. The minimum Gasteiger partial charge on any atom is -0.179 e. The zero-order valence-corrected chi connectivity index (χ0v) is 21.1. The first-order chi connectivity index (χ1) is 16.7. The molecule has 0 bridgehead atoms. The molecule has 0 aromatic heterocycles. The molecule has 0 fully saturated rings. The molecule has 0 aliphatic heterocycles. The van der Waals surface area contributed by atoms with E-state index in [1.165, 1.54) is 22.3 Å². The van der Waals surface area contributed by atoms with Crippen molar-refractivity contribution in [1.29, 1.82) is 0 Å². The van der Waals surface area contributed by atoms with Gasteiger partial charge in [-0.05, 0) is 6.42 Å². The molecule has 0 spiro atoms.